The fraction of sp³-hybridized carbons (Fsp3) is 0.353. The maximum atomic E-state index is 6.01. The van der Waals surface area contributed by atoms with E-state index < -0.39 is 0 Å². The van der Waals surface area contributed by atoms with Crippen LogP contribution in [0.4, 0.5) is 0 Å². The van der Waals surface area contributed by atoms with Crippen molar-refractivity contribution in [1.29, 1.82) is 0 Å². The summed E-state index contributed by atoms with van der Waals surface area (Å²) >= 11 is 0. The summed E-state index contributed by atoms with van der Waals surface area (Å²) in [4.78, 5) is 4.30. The molecule has 0 aliphatic carbocycles. The molecule has 4 nitrogen and oxygen atoms in total. The summed E-state index contributed by atoms with van der Waals surface area (Å²) in [6.07, 6.45) is 2.58. The van der Waals surface area contributed by atoms with Gasteiger partial charge in [-0.15, -0.1) is 0 Å². The lowest BCUT2D eigenvalue weighted by Crippen LogP contribution is -2.24. The van der Waals surface area contributed by atoms with E-state index in [1.165, 1.54) is 0 Å². The molecule has 0 spiro atoms. The maximum absolute atomic E-state index is 6.01. The third-order valence-corrected chi connectivity index (χ3v) is 3.55. The normalized spacial score (nSPS) is 17.0. The third-order valence-electron chi connectivity index (χ3n) is 3.55. The number of pyridine rings is 1. The molecule has 110 valence electrons. The molecule has 2 aromatic rings. The van der Waals surface area contributed by atoms with Crippen molar-refractivity contribution in [2.75, 3.05) is 0 Å². The zero-order valence-corrected chi connectivity index (χ0v) is 12.6. The second-order valence-corrected chi connectivity index (χ2v) is 6.07. The van der Waals surface area contributed by atoms with Gasteiger partial charge in [0.2, 0.25) is 5.88 Å². The number of rotatable bonds is 3. The first-order chi connectivity index (χ1) is 9.96. The van der Waals surface area contributed by atoms with Crippen LogP contribution in [-0.4, -0.2) is 10.6 Å². The highest BCUT2D eigenvalue weighted by Gasteiger charge is 2.32. The summed E-state index contributed by atoms with van der Waals surface area (Å²) in [5.74, 6) is 2.04. The van der Waals surface area contributed by atoms with Crippen molar-refractivity contribution >= 4 is 0 Å². The van der Waals surface area contributed by atoms with Gasteiger partial charge in [0.15, 0.2) is 11.5 Å². The van der Waals surface area contributed by atoms with Crippen molar-refractivity contribution in [3.05, 3.63) is 47.7 Å². The van der Waals surface area contributed by atoms with E-state index in [9.17, 15) is 0 Å². The predicted octanol–water partition coefficient (Wildman–Crippen LogP) is 3.61. The van der Waals surface area contributed by atoms with Gasteiger partial charge in [-0.3, -0.25) is 0 Å². The molecule has 1 aliphatic rings. The minimum atomic E-state index is -0.199. The van der Waals surface area contributed by atoms with Gasteiger partial charge in [0.05, 0.1) is 0 Å². The lowest BCUT2D eigenvalue weighted by atomic mass is 10.0. The van der Waals surface area contributed by atoms with Crippen LogP contribution >= 0.6 is 0 Å². The molecule has 1 aromatic carbocycles. The van der Waals surface area contributed by atoms with E-state index in [2.05, 4.69) is 24.9 Å². The van der Waals surface area contributed by atoms with E-state index in [-0.39, 0.29) is 11.6 Å². The first kappa shape index (κ1) is 13.9. The van der Waals surface area contributed by atoms with Gasteiger partial charge in [-0.1, -0.05) is 18.2 Å². The Kier molecular flexibility index (Phi) is 3.33. The van der Waals surface area contributed by atoms with Gasteiger partial charge in [-0.05, 0) is 32.9 Å². The van der Waals surface area contributed by atoms with Crippen LogP contribution in [-0.2, 0) is 6.42 Å². The zero-order chi connectivity index (χ0) is 15.0. The van der Waals surface area contributed by atoms with E-state index in [4.69, 9.17) is 15.2 Å². The van der Waals surface area contributed by atoms with Crippen LogP contribution < -0.4 is 15.2 Å². The van der Waals surface area contributed by atoms with Crippen LogP contribution in [0.2, 0.25) is 0 Å². The SMILES string of the molecule is C[C@H](N)c1cccnc1Oc1cccc2c1OC(C)(C)C2. The molecule has 0 radical (unpaired) electrons. The molecule has 0 saturated heterocycles. The number of hydrogen-bond acceptors (Lipinski definition) is 4. The lowest BCUT2D eigenvalue weighted by Gasteiger charge is -2.18. The number of benzene rings is 1. The van der Waals surface area contributed by atoms with Crippen LogP contribution in [0, 0.1) is 0 Å². The van der Waals surface area contributed by atoms with Gasteiger partial charge in [0.1, 0.15) is 5.60 Å². The van der Waals surface area contributed by atoms with Crippen molar-refractivity contribution in [3.63, 3.8) is 0 Å². The molecular weight excluding hydrogens is 264 g/mol. The van der Waals surface area contributed by atoms with Gasteiger partial charge in [0.25, 0.3) is 0 Å². The number of nitrogens with zero attached hydrogens (tertiary/aromatic N) is 1. The Morgan fingerprint density at radius 2 is 2.10 bits per heavy atom. The molecule has 1 aromatic heterocycles. The standard InChI is InChI=1S/C17H20N2O2/c1-11(18)13-7-5-9-19-16(13)20-14-8-4-6-12-10-17(2,3)21-15(12)14/h4-9,11H,10,18H2,1-3H3/t11-/m0/s1. The molecule has 0 bridgehead atoms. The number of aromatic nitrogens is 1. The largest absolute Gasteiger partial charge is 0.483 e. The van der Waals surface area contributed by atoms with E-state index in [1.54, 1.807) is 6.20 Å². The first-order valence-electron chi connectivity index (χ1n) is 7.15. The number of para-hydroxylation sites is 1. The zero-order valence-electron chi connectivity index (χ0n) is 12.6. The number of ether oxygens (including phenoxy) is 2. The van der Waals surface area contributed by atoms with Gasteiger partial charge in [-0.25, -0.2) is 4.98 Å². The van der Waals surface area contributed by atoms with Crippen molar-refractivity contribution in [1.82, 2.24) is 4.98 Å². The summed E-state index contributed by atoms with van der Waals surface area (Å²) < 4.78 is 12.0. The molecule has 0 fully saturated rings. The van der Waals surface area contributed by atoms with Crippen LogP contribution in [0.3, 0.4) is 0 Å². The Bertz CT molecular complexity index is 666. The minimum Gasteiger partial charge on any atom is -0.483 e. The predicted molar refractivity (Wildman–Crippen MR) is 81.8 cm³/mol. The monoisotopic (exact) mass is 284 g/mol. The van der Waals surface area contributed by atoms with E-state index in [0.717, 1.165) is 23.3 Å². The Labute approximate surface area is 124 Å². The smallest absolute Gasteiger partial charge is 0.224 e. The molecule has 0 unspecified atom stereocenters. The van der Waals surface area contributed by atoms with Crippen LogP contribution in [0.1, 0.15) is 37.9 Å². The summed E-state index contributed by atoms with van der Waals surface area (Å²) in [5.41, 5.74) is 7.82. The second kappa shape index (κ2) is 5.04. The molecule has 0 amide bonds. The fourth-order valence-electron chi connectivity index (χ4n) is 2.61. The molecule has 2 heterocycles. The summed E-state index contributed by atoms with van der Waals surface area (Å²) in [5, 5.41) is 0. The van der Waals surface area contributed by atoms with Crippen molar-refractivity contribution in [2.24, 2.45) is 5.73 Å². The molecule has 0 saturated carbocycles. The molecule has 1 atom stereocenters. The maximum Gasteiger partial charge on any atom is 0.224 e. The molecular formula is C17H20N2O2. The third kappa shape index (κ3) is 2.72. The van der Waals surface area contributed by atoms with Gasteiger partial charge >= 0.3 is 0 Å². The molecule has 21 heavy (non-hydrogen) atoms. The van der Waals surface area contributed by atoms with Crippen LogP contribution in [0.5, 0.6) is 17.4 Å². The van der Waals surface area contributed by atoms with Crippen molar-refractivity contribution in [3.8, 4) is 17.4 Å². The second-order valence-electron chi connectivity index (χ2n) is 6.07. The van der Waals surface area contributed by atoms with E-state index in [0.29, 0.717) is 11.6 Å². The summed E-state index contributed by atoms with van der Waals surface area (Å²) in [6.45, 7) is 6.06. The highest BCUT2D eigenvalue weighted by atomic mass is 16.5. The van der Waals surface area contributed by atoms with E-state index in [1.807, 2.05) is 31.2 Å². The average Bonchev–Trinajstić information content (AvgIpc) is 2.74. The Hall–Kier alpha value is -2.07. The van der Waals surface area contributed by atoms with Crippen LogP contribution in [0.15, 0.2) is 36.5 Å². The van der Waals surface area contributed by atoms with Crippen LogP contribution in [0.25, 0.3) is 0 Å². The first-order valence-corrected chi connectivity index (χ1v) is 7.15. The number of nitrogens with two attached hydrogens (primary N) is 1. The van der Waals surface area contributed by atoms with Gasteiger partial charge in [-0.2, -0.15) is 0 Å². The Morgan fingerprint density at radius 1 is 1.29 bits per heavy atom. The minimum absolute atomic E-state index is 0.136. The number of hydrogen-bond donors (Lipinski definition) is 1. The molecule has 1 aliphatic heterocycles. The van der Waals surface area contributed by atoms with Crippen molar-refractivity contribution in [2.45, 2.75) is 38.8 Å². The molecule has 2 N–H and O–H groups in total. The number of fused-ring (bicyclic) bond motifs is 1. The Balaban J connectivity index is 1.97. The average molecular weight is 284 g/mol. The van der Waals surface area contributed by atoms with Gasteiger partial charge in [0, 0.05) is 29.8 Å². The van der Waals surface area contributed by atoms with E-state index >= 15 is 0 Å². The summed E-state index contributed by atoms with van der Waals surface area (Å²) in [7, 11) is 0. The highest BCUT2D eigenvalue weighted by molar-refractivity contribution is 5.51. The molecule has 3 rings (SSSR count). The van der Waals surface area contributed by atoms with Gasteiger partial charge < -0.3 is 15.2 Å². The lowest BCUT2D eigenvalue weighted by molar-refractivity contribution is 0.135. The molecule has 4 heteroatoms. The Morgan fingerprint density at radius 3 is 2.86 bits per heavy atom. The van der Waals surface area contributed by atoms with Crippen molar-refractivity contribution < 1.29 is 9.47 Å². The topological polar surface area (TPSA) is 57.4 Å². The summed E-state index contributed by atoms with van der Waals surface area (Å²) in [6, 6.07) is 9.61. The highest BCUT2D eigenvalue weighted by Crippen LogP contribution is 2.43. The fourth-order valence-corrected chi connectivity index (χ4v) is 2.61. The quantitative estimate of drug-likeness (QED) is 0.935.